The highest BCUT2D eigenvalue weighted by atomic mass is 35.5. The predicted molar refractivity (Wildman–Crippen MR) is 114 cm³/mol. The van der Waals surface area contributed by atoms with Crippen molar-refractivity contribution in [1.82, 2.24) is 10.2 Å². The lowest BCUT2D eigenvalue weighted by Crippen LogP contribution is -2.48. The summed E-state index contributed by atoms with van der Waals surface area (Å²) >= 11 is 7.33. The van der Waals surface area contributed by atoms with E-state index < -0.39 is 6.04 Å². The van der Waals surface area contributed by atoms with E-state index in [1.807, 2.05) is 43.3 Å². The minimum absolute atomic E-state index is 0.110. The van der Waals surface area contributed by atoms with Gasteiger partial charge in [-0.15, -0.1) is 11.8 Å². The fraction of sp³-hybridized carbons (Fsp3) is 0.333. The van der Waals surface area contributed by atoms with Gasteiger partial charge in [-0.1, -0.05) is 23.7 Å². The van der Waals surface area contributed by atoms with Crippen molar-refractivity contribution in [2.75, 3.05) is 19.4 Å². The van der Waals surface area contributed by atoms with Crippen molar-refractivity contribution in [3.8, 4) is 5.75 Å². The molecule has 2 amide bonds. The molecule has 0 aliphatic carbocycles. The van der Waals surface area contributed by atoms with Crippen LogP contribution in [0.2, 0.25) is 5.02 Å². The van der Waals surface area contributed by atoms with Crippen LogP contribution in [0.15, 0.2) is 53.4 Å². The Hall–Kier alpha value is -2.18. The van der Waals surface area contributed by atoms with Crippen molar-refractivity contribution in [2.24, 2.45) is 0 Å². The molecule has 150 valence electrons. The van der Waals surface area contributed by atoms with E-state index in [4.69, 9.17) is 16.3 Å². The first-order chi connectivity index (χ1) is 13.4. The van der Waals surface area contributed by atoms with E-state index in [0.29, 0.717) is 23.9 Å². The first-order valence-electron chi connectivity index (χ1n) is 9.03. The normalized spacial score (nSPS) is 11.6. The average molecular weight is 421 g/mol. The van der Waals surface area contributed by atoms with E-state index in [1.54, 1.807) is 31.1 Å². The molecule has 1 N–H and O–H groups in total. The summed E-state index contributed by atoms with van der Waals surface area (Å²) in [7, 11) is 1.60. The molecular formula is C21H25ClN2O3S. The summed E-state index contributed by atoms with van der Waals surface area (Å²) in [6, 6.07) is 14.3. The molecule has 2 aromatic rings. The summed E-state index contributed by atoms with van der Waals surface area (Å²) in [4.78, 5) is 27.9. The van der Waals surface area contributed by atoms with Gasteiger partial charge < -0.3 is 15.0 Å². The van der Waals surface area contributed by atoms with Crippen molar-refractivity contribution in [2.45, 2.75) is 31.3 Å². The number of thioether (sulfide) groups is 1. The molecule has 0 heterocycles. The topological polar surface area (TPSA) is 58.6 Å². The van der Waals surface area contributed by atoms with Gasteiger partial charge in [-0.3, -0.25) is 9.59 Å². The first-order valence-corrected chi connectivity index (χ1v) is 10.4. The molecule has 0 radical (unpaired) electrons. The van der Waals surface area contributed by atoms with Crippen LogP contribution in [0.1, 0.15) is 19.4 Å². The molecule has 2 rings (SSSR count). The maximum Gasteiger partial charge on any atom is 0.242 e. The van der Waals surface area contributed by atoms with Crippen LogP contribution in [0.25, 0.3) is 0 Å². The van der Waals surface area contributed by atoms with E-state index in [9.17, 15) is 9.59 Å². The molecule has 5 nitrogen and oxygen atoms in total. The summed E-state index contributed by atoms with van der Waals surface area (Å²) in [5, 5.41) is 3.44. The standard InChI is InChI=1S/C21H25ClN2O3S/c1-4-23-21(26)15(2)24(13-16-6-5-7-18(12-16)27-3)20(25)14-28-19-10-8-17(22)9-11-19/h5-12,15H,4,13-14H2,1-3H3,(H,23,26). The van der Waals surface area contributed by atoms with Crippen LogP contribution in [-0.4, -0.2) is 42.2 Å². The maximum absolute atomic E-state index is 13.0. The summed E-state index contributed by atoms with van der Waals surface area (Å²) < 4.78 is 5.26. The van der Waals surface area contributed by atoms with Gasteiger partial charge in [-0.25, -0.2) is 0 Å². The molecular weight excluding hydrogens is 396 g/mol. The molecule has 0 aliphatic rings. The molecule has 0 spiro atoms. The zero-order valence-electron chi connectivity index (χ0n) is 16.3. The number of amides is 2. The van der Waals surface area contributed by atoms with Crippen LogP contribution in [0.4, 0.5) is 0 Å². The number of ether oxygens (including phenoxy) is 1. The van der Waals surface area contributed by atoms with Gasteiger partial charge in [-0.05, 0) is 55.8 Å². The predicted octanol–water partition coefficient (Wildman–Crippen LogP) is 3.99. The Bertz CT molecular complexity index is 798. The number of carbonyl (C=O) groups excluding carboxylic acids is 2. The molecule has 0 bridgehead atoms. The number of likely N-dealkylation sites (N-methyl/N-ethyl adjacent to an activating group) is 1. The number of nitrogens with one attached hydrogen (secondary N) is 1. The Morgan fingerprint density at radius 1 is 1.21 bits per heavy atom. The van der Waals surface area contributed by atoms with Crippen LogP contribution in [-0.2, 0) is 16.1 Å². The van der Waals surface area contributed by atoms with Gasteiger partial charge >= 0.3 is 0 Å². The van der Waals surface area contributed by atoms with Gasteiger partial charge in [0.1, 0.15) is 11.8 Å². The fourth-order valence-electron chi connectivity index (χ4n) is 2.63. The molecule has 28 heavy (non-hydrogen) atoms. The quantitative estimate of drug-likeness (QED) is 0.623. The van der Waals surface area contributed by atoms with E-state index in [0.717, 1.165) is 10.5 Å². The summed E-state index contributed by atoms with van der Waals surface area (Å²) in [6.45, 7) is 4.45. The first kappa shape index (κ1) is 22.1. The third-order valence-corrected chi connectivity index (χ3v) is 5.43. The lowest BCUT2D eigenvalue weighted by Gasteiger charge is -2.28. The Kier molecular flexibility index (Phi) is 8.67. The van der Waals surface area contributed by atoms with E-state index >= 15 is 0 Å². The Morgan fingerprint density at radius 3 is 2.57 bits per heavy atom. The van der Waals surface area contributed by atoms with Crippen LogP contribution in [0.3, 0.4) is 0 Å². The van der Waals surface area contributed by atoms with Crippen molar-refractivity contribution < 1.29 is 14.3 Å². The van der Waals surface area contributed by atoms with Crippen molar-refractivity contribution in [3.05, 3.63) is 59.1 Å². The number of benzene rings is 2. The molecule has 1 unspecified atom stereocenters. The molecule has 0 saturated carbocycles. The van der Waals surface area contributed by atoms with Crippen molar-refractivity contribution in [1.29, 1.82) is 0 Å². The number of carbonyl (C=O) groups is 2. The molecule has 2 aromatic carbocycles. The zero-order valence-corrected chi connectivity index (χ0v) is 17.8. The second kappa shape index (κ2) is 11.0. The molecule has 0 saturated heterocycles. The van der Waals surface area contributed by atoms with Gasteiger partial charge in [-0.2, -0.15) is 0 Å². The van der Waals surface area contributed by atoms with Gasteiger partial charge in [0.05, 0.1) is 12.9 Å². The summed E-state index contributed by atoms with van der Waals surface area (Å²) in [6.07, 6.45) is 0. The smallest absolute Gasteiger partial charge is 0.242 e. The average Bonchev–Trinajstić information content (AvgIpc) is 2.71. The van der Waals surface area contributed by atoms with Crippen LogP contribution >= 0.6 is 23.4 Å². The van der Waals surface area contributed by atoms with Gasteiger partial charge in [0.15, 0.2) is 0 Å². The highest BCUT2D eigenvalue weighted by Crippen LogP contribution is 2.22. The monoisotopic (exact) mass is 420 g/mol. The highest BCUT2D eigenvalue weighted by Gasteiger charge is 2.25. The van der Waals surface area contributed by atoms with Gasteiger partial charge in [0, 0.05) is 23.0 Å². The van der Waals surface area contributed by atoms with Crippen LogP contribution in [0.5, 0.6) is 5.75 Å². The number of rotatable bonds is 9. The number of hydrogen-bond acceptors (Lipinski definition) is 4. The fourth-order valence-corrected chi connectivity index (χ4v) is 3.54. The molecule has 1 atom stereocenters. The second-order valence-corrected chi connectivity index (χ2v) is 7.67. The van der Waals surface area contributed by atoms with Gasteiger partial charge in [0.2, 0.25) is 11.8 Å². The second-order valence-electron chi connectivity index (χ2n) is 6.19. The Morgan fingerprint density at radius 2 is 1.93 bits per heavy atom. The zero-order chi connectivity index (χ0) is 20.5. The third-order valence-electron chi connectivity index (χ3n) is 4.18. The third kappa shape index (κ3) is 6.46. The SMILES string of the molecule is CCNC(=O)C(C)N(Cc1cccc(OC)c1)C(=O)CSc1ccc(Cl)cc1. The number of nitrogens with zero attached hydrogens (tertiary/aromatic N) is 1. The maximum atomic E-state index is 13.0. The highest BCUT2D eigenvalue weighted by molar-refractivity contribution is 8.00. The number of methoxy groups -OCH3 is 1. The minimum atomic E-state index is -0.579. The van der Waals surface area contributed by atoms with Crippen LogP contribution < -0.4 is 10.1 Å². The molecule has 7 heteroatoms. The lowest BCUT2D eigenvalue weighted by atomic mass is 10.1. The summed E-state index contributed by atoms with van der Waals surface area (Å²) in [5.74, 6) is 0.665. The number of hydrogen-bond donors (Lipinski definition) is 1. The largest absolute Gasteiger partial charge is 0.497 e. The van der Waals surface area contributed by atoms with E-state index in [-0.39, 0.29) is 17.6 Å². The van der Waals surface area contributed by atoms with Crippen molar-refractivity contribution in [3.63, 3.8) is 0 Å². The number of halogens is 1. The molecule has 0 fully saturated rings. The summed E-state index contributed by atoms with van der Waals surface area (Å²) in [5.41, 5.74) is 0.903. The molecule has 0 aromatic heterocycles. The Balaban J connectivity index is 2.14. The van der Waals surface area contributed by atoms with Crippen molar-refractivity contribution >= 4 is 35.2 Å². The Labute approximate surface area is 175 Å². The van der Waals surface area contributed by atoms with E-state index in [1.165, 1.54) is 11.8 Å². The lowest BCUT2D eigenvalue weighted by molar-refractivity contribution is -0.138. The minimum Gasteiger partial charge on any atom is -0.497 e. The van der Waals surface area contributed by atoms with Gasteiger partial charge in [0.25, 0.3) is 0 Å². The van der Waals surface area contributed by atoms with E-state index in [2.05, 4.69) is 5.32 Å². The van der Waals surface area contributed by atoms with Crippen LogP contribution in [0, 0.1) is 0 Å². The molecule has 0 aliphatic heterocycles.